The van der Waals surface area contributed by atoms with E-state index >= 15 is 0 Å². The van der Waals surface area contributed by atoms with E-state index in [4.69, 9.17) is 15.7 Å². The predicted octanol–water partition coefficient (Wildman–Crippen LogP) is 2.86. The molecule has 2 N–H and O–H groups in total. The molecule has 0 amide bonds. The number of nitrogens with two attached hydrogens (primary N) is 1. The smallest absolute Gasteiger partial charge is 0.314 e. The molecule has 0 bridgehead atoms. The second kappa shape index (κ2) is 5.98. The minimum absolute atomic E-state index is 0.0305. The molecule has 0 aliphatic heterocycles. The van der Waals surface area contributed by atoms with E-state index < -0.39 is 22.2 Å². The van der Waals surface area contributed by atoms with Crippen molar-refractivity contribution in [3.05, 3.63) is 63.5 Å². The molecule has 6 nitrogen and oxygen atoms in total. The van der Waals surface area contributed by atoms with Crippen LogP contribution < -0.4 is 10.5 Å². The molecule has 106 valence electrons. The molecule has 7 heteroatoms. The molecule has 0 atom stereocenters. The standard InChI is InChI=1S/C14H10FN3O3/c15-11-2-1-3-12(18(19)20)14(11)21-13-5-4-9(7-16)6-10(13)8-17/h1-6H,7,16H2. The van der Waals surface area contributed by atoms with Crippen LogP contribution in [0.1, 0.15) is 11.1 Å². The molecule has 0 unspecified atom stereocenters. The van der Waals surface area contributed by atoms with Crippen molar-refractivity contribution in [2.75, 3.05) is 0 Å². The van der Waals surface area contributed by atoms with E-state index in [0.717, 1.165) is 12.1 Å². The summed E-state index contributed by atoms with van der Waals surface area (Å²) >= 11 is 0. The zero-order valence-corrected chi connectivity index (χ0v) is 10.7. The van der Waals surface area contributed by atoms with Gasteiger partial charge in [0.25, 0.3) is 0 Å². The van der Waals surface area contributed by atoms with Crippen LogP contribution in [0.3, 0.4) is 0 Å². The van der Waals surface area contributed by atoms with Crippen LogP contribution in [0, 0.1) is 27.3 Å². The Balaban J connectivity index is 2.48. The van der Waals surface area contributed by atoms with E-state index in [2.05, 4.69) is 0 Å². The highest BCUT2D eigenvalue weighted by atomic mass is 19.1. The van der Waals surface area contributed by atoms with Gasteiger partial charge in [-0.2, -0.15) is 5.26 Å². The van der Waals surface area contributed by atoms with Crippen molar-refractivity contribution in [3.8, 4) is 17.6 Å². The Morgan fingerprint density at radius 2 is 2.14 bits per heavy atom. The van der Waals surface area contributed by atoms with E-state index in [1.54, 1.807) is 6.07 Å². The Bertz CT molecular complexity index is 741. The fraction of sp³-hybridized carbons (Fsp3) is 0.0714. The van der Waals surface area contributed by atoms with Gasteiger partial charge in [0.2, 0.25) is 5.75 Å². The van der Waals surface area contributed by atoms with Crippen molar-refractivity contribution in [3.63, 3.8) is 0 Å². The zero-order valence-electron chi connectivity index (χ0n) is 10.7. The summed E-state index contributed by atoms with van der Waals surface area (Å²) in [4.78, 5) is 10.1. The lowest BCUT2D eigenvalue weighted by Crippen LogP contribution is -2.00. The normalized spacial score (nSPS) is 9.95. The highest BCUT2D eigenvalue weighted by Gasteiger charge is 2.21. The highest BCUT2D eigenvalue weighted by Crippen LogP contribution is 2.35. The van der Waals surface area contributed by atoms with Gasteiger partial charge >= 0.3 is 5.69 Å². The van der Waals surface area contributed by atoms with Crippen molar-refractivity contribution >= 4 is 5.69 Å². The van der Waals surface area contributed by atoms with Gasteiger partial charge in [0.15, 0.2) is 5.82 Å². The Labute approximate surface area is 119 Å². The predicted molar refractivity (Wildman–Crippen MR) is 72.2 cm³/mol. The zero-order chi connectivity index (χ0) is 15.4. The molecule has 0 aromatic heterocycles. The van der Waals surface area contributed by atoms with Crippen LogP contribution in [-0.2, 0) is 6.54 Å². The number of nitro groups is 1. The van der Waals surface area contributed by atoms with Crippen LogP contribution in [0.4, 0.5) is 10.1 Å². The lowest BCUT2D eigenvalue weighted by molar-refractivity contribution is -0.385. The molecule has 2 aromatic rings. The number of benzene rings is 2. The van der Waals surface area contributed by atoms with Gasteiger partial charge in [0.1, 0.15) is 11.8 Å². The lowest BCUT2D eigenvalue weighted by atomic mass is 10.1. The first-order valence-corrected chi connectivity index (χ1v) is 5.90. The highest BCUT2D eigenvalue weighted by molar-refractivity contribution is 5.53. The number of hydrogen-bond acceptors (Lipinski definition) is 5. The maximum atomic E-state index is 13.7. The van der Waals surface area contributed by atoms with Crippen molar-refractivity contribution in [2.24, 2.45) is 5.73 Å². The fourth-order valence-corrected chi connectivity index (χ4v) is 1.73. The number of para-hydroxylation sites is 1. The first-order valence-electron chi connectivity index (χ1n) is 5.90. The summed E-state index contributed by atoms with van der Waals surface area (Å²) in [7, 11) is 0. The summed E-state index contributed by atoms with van der Waals surface area (Å²) in [6.07, 6.45) is 0. The minimum atomic E-state index is -0.879. The average molecular weight is 287 g/mol. The molecule has 0 heterocycles. The SMILES string of the molecule is N#Cc1cc(CN)ccc1Oc1c(F)cccc1[N+](=O)[O-]. The topological polar surface area (TPSA) is 102 Å². The van der Waals surface area contributed by atoms with E-state index in [9.17, 15) is 14.5 Å². The summed E-state index contributed by atoms with van der Waals surface area (Å²) in [6, 6.07) is 9.78. The molecular formula is C14H10FN3O3. The molecule has 21 heavy (non-hydrogen) atoms. The van der Waals surface area contributed by atoms with Gasteiger partial charge in [0, 0.05) is 12.6 Å². The lowest BCUT2D eigenvalue weighted by Gasteiger charge is -2.09. The quantitative estimate of drug-likeness (QED) is 0.688. The molecule has 0 radical (unpaired) electrons. The second-order valence-corrected chi connectivity index (χ2v) is 4.09. The average Bonchev–Trinajstić information content (AvgIpc) is 2.49. The van der Waals surface area contributed by atoms with Crippen LogP contribution in [0.5, 0.6) is 11.5 Å². The monoisotopic (exact) mass is 287 g/mol. The third kappa shape index (κ3) is 2.96. The van der Waals surface area contributed by atoms with Gasteiger partial charge < -0.3 is 10.5 Å². The Morgan fingerprint density at radius 3 is 2.76 bits per heavy atom. The largest absolute Gasteiger partial charge is 0.446 e. The maximum absolute atomic E-state index is 13.7. The van der Waals surface area contributed by atoms with Crippen molar-refractivity contribution in [2.45, 2.75) is 6.54 Å². The number of nitrogens with zero attached hydrogens (tertiary/aromatic N) is 2. The van der Waals surface area contributed by atoms with Crippen LogP contribution in [0.25, 0.3) is 0 Å². The van der Waals surface area contributed by atoms with Crippen LogP contribution in [0.2, 0.25) is 0 Å². The third-order valence-corrected chi connectivity index (χ3v) is 2.76. The maximum Gasteiger partial charge on any atom is 0.314 e. The molecule has 0 spiro atoms. The van der Waals surface area contributed by atoms with E-state index in [1.165, 1.54) is 18.2 Å². The van der Waals surface area contributed by atoms with Crippen LogP contribution in [0.15, 0.2) is 36.4 Å². The third-order valence-electron chi connectivity index (χ3n) is 2.76. The summed E-state index contributed by atoms with van der Waals surface area (Å²) in [6.45, 7) is 0.231. The number of halogens is 1. The van der Waals surface area contributed by atoms with Gasteiger partial charge in [-0.25, -0.2) is 4.39 Å². The van der Waals surface area contributed by atoms with Gasteiger partial charge in [0.05, 0.1) is 10.5 Å². The Morgan fingerprint density at radius 1 is 1.38 bits per heavy atom. The summed E-state index contributed by atoms with van der Waals surface area (Å²) in [5.74, 6) is -1.38. The number of ether oxygens (including phenoxy) is 1. The first kappa shape index (κ1) is 14.4. The van der Waals surface area contributed by atoms with Crippen molar-refractivity contribution in [1.29, 1.82) is 5.26 Å². The van der Waals surface area contributed by atoms with Crippen molar-refractivity contribution < 1.29 is 14.1 Å². The summed E-state index contributed by atoms with van der Waals surface area (Å²) < 4.78 is 19.0. The summed E-state index contributed by atoms with van der Waals surface area (Å²) in [5.41, 5.74) is 5.77. The molecule has 2 aromatic carbocycles. The molecule has 2 rings (SSSR count). The summed E-state index contributed by atoms with van der Waals surface area (Å²) in [5, 5.41) is 20.0. The first-order chi connectivity index (χ1) is 10.1. The Kier molecular flexibility index (Phi) is 4.11. The number of hydrogen-bond donors (Lipinski definition) is 1. The molecule has 0 aliphatic rings. The fourth-order valence-electron chi connectivity index (χ4n) is 1.73. The number of rotatable bonds is 4. The van der Waals surface area contributed by atoms with Gasteiger partial charge in [-0.15, -0.1) is 0 Å². The van der Waals surface area contributed by atoms with Gasteiger partial charge in [-0.3, -0.25) is 10.1 Å². The molecule has 0 saturated heterocycles. The van der Waals surface area contributed by atoms with E-state index in [-0.39, 0.29) is 17.9 Å². The van der Waals surface area contributed by atoms with Crippen molar-refractivity contribution in [1.82, 2.24) is 0 Å². The van der Waals surface area contributed by atoms with Crippen LogP contribution >= 0.6 is 0 Å². The molecule has 0 fully saturated rings. The molecule has 0 saturated carbocycles. The van der Waals surface area contributed by atoms with Gasteiger partial charge in [-0.05, 0) is 23.8 Å². The Hall–Kier alpha value is -2.98. The van der Waals surface area contributed by atoms with Crippen LogP contribution in [-0.4, -0.2) is 4.92 Å². The van der Waals surface area contributed by atoms with Gasteiger partial charge in [-0.1, -0.05) is 12.1 Å². The second-order valence-electron chi connectivity index (χ2n) is 4.09. The number of nitro benzene ring substituents is 1. The van der Waals surface area contributed by atoms with E-state index in [1.807, 2.05) is 6.07 Å². The number of nitriles is 1. The molecule has 0 aliphatic carbocycles. The molecular weight excluding hydrogens is 277 g/mol. The van der Waals surface area contributed by atoms with E-state index in [0.29, 0.717) is 5.56 Å². The minimum Gasteiger partial charge on any atom is -0.446 e.